The van der Waals surface area contributed by atoms with Gasteiger partial charge in [-0.15, -0.1) is 4.91 Å². The third-order valence-corrected chi connectivity index (χ3v) is 5.20. The van der Waals surface area contributed by atoms with Crippen LogP contribution in [0.25, 0.3) is 0 Å². The van der Waals surface area contributed by atoms with Crippen molar-refractivity contribution in [1.82, 2.24) is 19.7 Å². The summed E-state index contributed by atoms with van der Waals surface area (Å²) in [4.78, 5) is 52.5. The number of carboxylic acid groups (broad SMARTS) is 2. The number of aliphatic carboxylic acids is 1. The van der Waals surface area contributed by atoms with E-state index in [-0.39, 0.29) is 19.6 Å². The Morgan fingerprint density at radius 2 is 1.33 bits per heavy atom. The largest absolute Gasteiger partial charge is 0.483 e. The highest BCUT2D eigenvalue weighted by Gasteiger charge is 2.15. The van der Waals surface area contributed by atoms with Gasteiger partial charge < -0.3 is 10.2 Å². The van der Waals surface area contributed by atoms with Crippen LogP contribution in [0.5, 0.6) is 0 Å². The van der Waals surface area contributed by atoms with Crippen molar-refractivity contribution >= 4 is 18.3 Å². The van der Waals surface area contributed by atoms with Crippen molar-refractivity contribution in [1.29, 1.82) is 0 Å². The Balaban J connectivity index is -0.000000637. The van der Waals surface area contributed by atoms with Gasteiger partial charge in [0, 0.05) is 30.5 Å². The molecule has 0 aliphatic carbocycles. The average Bonchev–Trinajstić information content (AvgIpc) is 2.97. The fraction of sp³-hybridized carbons (Fsp3) is 0.742. The van der Waals surface area contributed by atoms with Gasteiger partial charge in [0.25, 0.3) is 12.4 Å². The first-order chi connectivity index (χ1) is 20.2. The standard InChI is InChI=1S/C23H39N5O4.C3H8.2C2H6.CH2O2/c1-4-6-12-27(17-21-10-7-9-20(3)24-21)15-16-28(18-22(29)25-32)14-8-13-26(11-5-2)19-23(30)31;1-3-2;2*1-2;2-1-3/h7,9-10H,4-6,8,11-19H2,1-3H3,(H,30,31);3H2,1-2H3;2*1-2H3;1H,(H,2,3). The molecular weight excluding hydrogens is 538 g/mol. The van der Waals surface area contributed by atoms with Gasteiger partial charge >= 0.3 is 5.97 Å². The maximum Gasteiger partial charge on any atom is 0.317 e. The minimum Gasteiger partial charge on any atom is -0.483 e. The Morgan fingerprint density at radius 3 is 1.79 bits per heavy atom. The summed E-state index contributed by atoms with van der Waals surface area (Å²) < 4.78 is 0. The van der Waals surface area contributed by atoms with Gasteiger partial charge in [0.05, 0.1) is 18.8 Å². The molecule has 246 valence electrons. The van der Waals surface area contributed by atoms with E-state index < -0.39 is 11.9 Å². The number of carbonyl (C=O) groups excluding carboxylic acids is 1. The Labute approximate surface area is 255 Å². The third-order valence-electron chi connectivity index (χ3n) is 5.20. The maximum absolute atomic E-state index is 11.7. The molecule has 2 N–H and O–H groups in total. The van der Waals surface area contributed by atoms with Crippen LogP contribution in [0.4, 0.5) is 0 Å². The van der Waals surface area contributed by atoms with Gasteiger partial charge in [-0.05, 0) is 64.5 Å². The summed E-state index contributed by atoms with van der Waals surface area (Å²) in [5, 5.41) is 18.5. The van der Waals surface area contributed by atoms with Crippen molar-refractivity contribution in [2.75, 3.05) is 52.4 Å². The monoisotopic (exact) mass is 599 g/mol. The molecule has 0 unspecified atom stereocenters. The van der Waals surface area contributed by atoms with Crippen LogP contribution in [-0.4, -0.2) is 101 Å². The van der Waals surface area contributed by atoms with E-state index in [0.29, 0.717) is 26.1 Å². The molecule has 1 aromatic heterocycles. The summed E-state index contributed by atoms with van der Waals surface area (Å²) in [7, 11) is 0. The second-order valence-electron chi connectivity index (χ2n) is 9.00. The molecule has 42 heavy (non-hydrogen) atoms. The summed E-state index contributed by atoms with van der Waals surface area (Å²) in [6, 6.07) is 6.01. The van der Waals surface area contributed by atoms with E-state index in [0.717, 1.165) is 56.8 Å². The number of nitrogens with zero attached hydrogens (tertiary/aromatic N) is 5. The molecule has 0 radical (unpaired) electrons. The van der Waals surface area contributed by atoms with E-state index in [1.54, 1.807) is 0 Å². The van der Waals surface area contributed by atoms with E-state index in [2.05, 4.69) is 35.8 Å². The first-order valence-corrected chi connectivity index (χ1v) is 15.5. The van der Waals surface area contributed by atoms with Gasteiger partial charge in [-0.1, -0.05) is 74.3 Å². The van der Waals surface area contributed by atoms with E-state index in [1.165, 1.54) is 6.42 Å². The lowest BCUT2D eigenvalue weighted by Gasteiger charge is -2.27. The Morgan fingerprint density at radius 1 is 0.833 bits per heavy atom. The number of amides is 1. The number of hydrogen-bond acceptors (Lipinski definition) is 8. The molecule has 0 aromatic carbocycles. The first-order valence-electron chi connectivity index (χ1n) is 15.5. The molecule has 0 bridgehead atoms. The zero-order valence-corrected chi connectivity index (χ0v) is 28.0. The number of aryl methyl sites for hydroxylation is 1. The predicted octanol–water partition coefficient (Wildman–Crippen LogP) is 5.94. The number of pyridine rings is 1. The van der Waals surface area contributed by atoms with Gasteiger partial charge in [0.15, 0.2) is 0 Å². The lowest BCUT2D eigenvalue weighted by atomic mass is 10.2. The number of nitroso groups, excluding NO2 is 1. The molecule has 1 rings (SSSR count). The minimum atomic E-state index is -0.841. The highest BCUT2D eigenvalue weighted by Crippen LogP contribution is 2.07. The van der Waals surface area contributed by atoms with Gasteiger partial charge in [0.2, 0.25) is 0 Å². The number of carbonyl (C=O) groups is 3. The molecule has 0 aliphatic rings. The Bertz CT molecular complexity index is 767. The summed E-state index contributed by atoms with van der Waals surface area (Å²) >= 11 is 0. The summed E-state index contributed by atoms with van der Waals surface area (Å²) in [6.07, 6.45) is 5.01. The van der Waals surface area contributed by atoms with E-state index in [4.69, 9.17) is 15.0 Å². The molecule has 1 heterocycles. The molecular formula is C31H61N5O6. The van der Waals surface area contributed by atoms with Crippen molar-refractivity contribution in [2.24, 2.45) is 5.18 Å². The number of unbranched alkanes of at least 4 members (excludes halogenated alkanes) is 1. The van der Waals surface area contributed by atoms with Crippen LogP contribution in [0.1, 0.15) is 98.9 Å². The molecule has 0 saturated carbocycles. The van der Waals surface area contributed by atoms with Gasteiger partial charge in [-0.2, -0.15) is 0 Å². The fourth-order valence-electron chi connectivity index (χ4n) is 3.64. The van der Waals surface area contributed by atoms with Crippen LogP contribution in [0.3, 0.4) is 0 Å². The normalized spacial score (nSPS) is 9.71. The van der Waals surface area contributed by atoms with Crippen LogP contribution in [-0.2, 0) is 20.9 Å². The topological polar surface area (TPSA) is 144 Å². The lowest BCUT2D eigenvalue weighted by molar-refractivity contribution is -0.138. The van der Waals surface area contributed by atoms with Crippen LogP contribution in [0, 0.1) is 11.8 Å². The SMILES string of the molecule is CC.CC.CCC.CCCCN(CCN(CCCN(CCC)CC(=O)O)CC(=O)N=O)Cc1cccc(C)n1.O=CO. The fourth-order valence-corrected chi connectivity index (χ4v) is 3.64. The van der Waals surface area contributed by atoms with Crippen LogP contribution >= 0.6 is 0 Å². The number of carboxylic acids is 1. The first kappa shape index (κ1) is 46.2. The number of aromatic nitrogens is 1. The van der Waals surface area contributed by atoms with Gasteiger partial charge in [0.1, 0.15) is 0 Å². The molecule has 0 fully saturated rings. The molecule has 1 aromatic rings. The van der Waals surface area contributed by atoms with Gasteiger partial charge in [-0.3, -0.25) is 34.1 Å². The molecule has 0 aliphatic heterocycles. The molecule has 1 amide bonds. The Kier molecular flexibility index (Phi) is 39.9. The molecule has 0 spiro atoms. The van der Waals surface area contributed by atoms with Crippen molar-refractivity contribution in [3.05, 3.63) is 34.5 Å². The number of hydrogen-bond donors (Lipinski definition) is 2. The van der Waals surface area contributed by atoms with Crippen LogP contribution < -0.4 is 0 Å². The quantitative estimate of drug-likeness (QED) is 0.154. The van der Waals surface area contributed by atoms with Crippen LogP contribution in [0.2, 0.25) is 0 Å². The summed E-state index contributed by atoms with van der Waals surface area (Å²) in [6.45, 7) is 23.1. The van der Waals surface area contributed by atoms with Crippen LogP contribution in [0.15, 0.2) is 23.4 Å². The van der Waals surface area contributed by atoms with E-state index in [1.807, 2.05) is 69.5 Å². The lowest BCUT2D eigenvalue weighted by Crippen LogP contribution is -2.40. The van der Waals surface area contributed by atoms with Crippen molar-refractivity contribution in [3.63, 3.8) is 0 Å². The predicted molar refractivity (Wildman–Crippen MR) is 173 cm³/mol. The van der Waals surface area contributed by atoms with E-state index >= 15 is 0 Å². The van der Waals surface area contributed by atoms with Gasteiger partial charge in [-0.25, -0.2) is 0 Å². The second kappa shape index (κ2) is 36.3. The zero-order valence-electron chi connectivity index (χ0n) is 28.0. The Hall–Kier alpha value is -2.76. The third kappa shape index (κ3) is 31.8. The highest BCUT2D eigenvalue weighted by atomic mass is 16.4. The second-order valence-corrected chi connectivity index (χ2v) is 9.00. The maximum atomic E-state index is 11.7. The molecule has 0 atom stereocenters. The zero-order chi connectivity index (χ0) is 33.2. The van der Waals surface area contributed by atoms with Crippen molar-refractivity contribution in [3.8, 4) is 0 Å². The van der Waals surface area contributed by atoms with Crippen molar-refractivity contribution < 1.29 is 24.6 Å². The summed E-state index contributed by atoms with van der Waals surface area (Å²) in [5.41, 5.74) is 2.00. The average molecular weight is 600 g/mol. The number of rotatable bonds is 18. The highest BCUT2D eigenvalue weighted by molar-refractivity contribution is 5.78. The smallest absolute Gasteiger partial charge is 0.317 e. The summed E-state index contributed by atoms with van der Waals surface area (Å²) in [5.74, 6) is -1.52. The minimum absolute atomic E-state index is 0.0109. The van der Waals surface area contributed by atoms with Crippen molar-refractivity contribution in [2.45, 2.75) is 101 Å². The molecule has 0 saturated heterocycles. The molecule has 11 heteroatoms. The molecule has 11 nitrogen and oxygen atoms in total. The van der Waals surface area contributed by atoms with E-state index in [9.17, 15) is 14.5 Å².